The number of aliphatic carboxylic acids is 4. The fraction of sp³-hybridized carbons (Fsp3) is 0.500. The zero-order valence-corrected chi connectivity index (χ0v) is 11.0. The lowest BCUT2D eigenvalue weighted by atomic mass is 10.2. The van der Waals surface area contributed by atoms with Crippen LogP contribution in [0.25, 0.3) is 0 Å². The van der Waals surface area contributed by atoms with Gasteiger partial charge >= 0.3 is 23.9 Å². The number of aliphatic hydroxyl groups is 4. The molecule has 0 aliphatic rings. The fourth-order valence-corrected chi connectivity index (χ4v) is 0.540. The minimum absolute atomic E-state index is 0. The predicted octanol–water partition coefficient (Wildman–Crippen LogP) is -6.72. The van der Waals surface area contributed by atoms with E-state index < -0.39 is 48.3 Å². The number of hydrogen-bond acceptors (Lipinski definition) is 8. The van der Waals surface area contributed by atoms with Crippen LogP contribution in [0.3, 0.4) is 0 Å². The average Bonchev–Trinajstić information content (AvgIpc) is 2.35. The molecule has 0 saturated heterocycles. The topological polar surface area (TPSA) is 325 Å². The van der Waals surface area contributed by atoms with Gasteiger partial charge in [0.1, 0.15) is 0 Å². The Morgan fingerprint density at radius 2 is 0.522 bits per heavy atom. The second-order valence-corrected chi connectivity index (χ2v) is 3.13. The highest BCUT2D eigenvalue weighted by atomic mass is 16.4. The first-order valence-electron chi connectivity index (χ1n) is 4.57. The molecule has 14 N–H and O–H groups in total. The molecular weight excluding hydrogens is 336 g/mol. The molecule has 4 unspecified atom stereocenters. The summed E-state index contributed by atoms with van der Waals surface area (Å²) in [5.41, 5.74) is 0. The molecule has 15 nitrogen and oxygen atoms in total. The fourth-order valence-electron chi connectivity index (χ4n) is 0.540. The van der Waals surface area contributed by atoms with E-state index in [4.69, 9.17) is 40.9 Å². The zero-order valence-electron chi connectivity index (χ0n) is 11.0. The van der Waals surface area contributed by atoms with Crippen LogP contribution in [0.15, 0.2) is 0 Å². The van der Waals surface area contributed by atoms with Crippen LogP contribution in [-0.2, 0) is 19.2 Å². The molecule has 0 heterocycles. The molecule has 0 aromatic carbocycles. The molecule has 140 valence electrons. The third-order valence-electron chi connectivity index (χ3n) is 1.61. The van der Waals surface area contributed by atoms with Crippen LogP contribution < -0.4 is 0 Å². The van der Waals surface area contributed by atoms with E-state index in [9.17, 15) is 19.2 Å². The predicted molar refractivity (Wildman–Crippen MR) is 65.4 cm³/mol. The quantitative estimate of drug-likeness (QED) is 0.220. The van der Waals surface area contributed by atoms with Crippen LogP contribution in [0, 0.1) is 0 Å². The lowest BCUT2D eigenvalue weighted by Crippen LogP contribution is -2.39. The van der Waals surface area contributed by atoms with E-state index in [0.29, 0.717) is 0 Å². The Hall–Kier alpha value is -2.40. The summed E-state index contributed by atoms with van der Waals surface area (Å²) in [6.45, 7) is 0. The third-order valence-corrected chi connectivity index (χ3v) is 1.61. The molecule has 15 heteroatoms. The Bertz CT molecular complexity index is 306. The van der Waals surface area contributed by atoms with E-state index in [1.165, 1.54) is 0 Å². The maximum Gasteiger partial charge on any atom is 0.335 e. The Morgan fingerprint density at radius 1 is 0.435 bits per heavy atom. The van der Waals surface area contributed by atoms with Gasteiger partial charge in [0.25, 0.3) is 0 Å². The van der Waals surface area contributed by atoms with Crippen LogP contribution in [0.5, 0.6) is 0 Å². The SMILES string of the molecule is O.O.O.O=C(O)C(O)C(O)C(=O)O.O=C(O)C(O)C(O)C(=O)O. The second kappa shape index (κ2) is 14.5. The zero-order chi connectivity index (χ0) is 16.6. The lowest BCUT2D eigenvalue weighted by molar-refractivity contribution is -0.165. The minimum Gasteiger partial charge on any atom is -0.479 e. The van der Waals surface area contributed by atoms with Crippen LogP contribution in [0.1, 0.15) is 0 Å². The van der Waals surface area contributed by atoms with Gasteiger partial charge < -0.3 is 57.3 Å². The molecule has 0 fully saturated rings. The lowest BCUT2D eigenvalue weighted by Gasteiger charge is -2.07. The summed E-state index contributed by atoms with van der Waals surface area (Å²) in [6, 6.07) is 0. The van der Waals surface area contributed by atoms with E-state index in [0.717, 1.165) is 0 Å². The van der Waals surface area contributed by atoms with Gasteiger partial charge in [-0.3, -0.25) is 0 Å². The molecule has 0 amide bonds. The first-order chi connectivity index (χ1) is 8.93. The van der Waals surface area contributed by atoms with Gasteiger partial charge in [0, 0.05) is 0 Å². The highest BCUT2D eigenvalue weighted by Gasteiger charge is 2.30. The Labute approximate surface area is 126 Å². The van der Waals surface area contributed by atoms with Crippen molar-refractivity contribution in [3.63, 3.8) is 0 Å². The van der Waals surface area contributed by atoms with Crippen LogP contribution >= 0.6 is 0 Å². The van der Waals surface area contributed by atoms with Gasteiger partial charge in [-0.15, -0.1) is 0 Å². The molecule has 0 aromatic rings. The molecule has 0 aliphatic carbocycles. The largest absolute Gasteiger partial charge is 0.479 e. The van der Waals surface area contributed by atoms with Crippen molar-refractivity contribution in [1.29, 1.82) is 0 Å². The number of rotatable bonds is 6. The maximum absolute atomic E-state index is 9.77. The van der Waals surface area contributed by atoms with Crippen molar-refractivity contribution in [2.75, 3.05) is 0 Å². The van der Waals surface area contributed by atoms with Crippen molar-refractivity contribution >= 4 is 23.9 Å². The van der Waals surface area contributed by atoms with Crippen molar-refractivity contribution in [2.24, 2.45) is 0 Å². The van der Waals surface area contributed by atoms with Gasteiger partial charge in [-0.05, 0) is 0 Å². The summed E-state index contributed by atoms with van der Waals surface area (Å²) in [5, 5.41) is 65.1. The first-order valence-corrected chi connectivity index (χ1v) is 4.57. The third kappa shape index (κ3) is 13.0. The van der Waals surface area contributed by atoms with Crippen molar-refractivity contribution < 1.29 is 76.5 Å². The van der Waals surface area contributed by atoms with E-state index in [1.807, 2.05) is 0 Å². The van der Waals surface area contributed by atoms with Gasteiger partial charge in [-0.25, -0.2) is 19.2 Å². The summed E-state index contributed by atoms with van der Waals surface area (Å²) in [5.74, 6) is -7.07. The summed E-state index contributed by atoms with van der Waals surface area (Å²) in [6.07, 6.45) is -9.06. The summed E-state index contributed by atoms with van der Waals surface area (Å²) in [4.78, 5) is 39.1. The molecule has 23 heavy (non-hydrogen) atoms. The van der Waals surface area contributed by atoms with Crippen molar-refractivity contribution in [2.45, 2.75) is 24.4 Å². The van der Waals surface area contributed by atoms with Crippen LogP contribution in [0.4, 0.5) is 0 Å². The molecule has 0 radical (unpaired) electrons. The van der Waals surface area contributed by atoms with E-state index in [1.54, 1.807) is 0 Å². The second-order valence-electron chi connectivity index (χ2n) is 3.13. The summed E-state index contributed by atoms with van der Waals surface area (Å²) >= 11 is 0. The van der Waals surface area contributed by atoms with Gasteiger partial charge in [0.2, 0.25) is 0 Å². The van der Waals surface area contributed by atoms with Gasteiger partial charge in [-0.2, -0.15) is 0 Å². The van der Waals surface area contributed by atoms with Crippen molar-refractivity contribution in [3.05, 3.63) is 0 Å². The standard InChI is InChI=1S/2C4H6O6.3H2O/c2*5-1(3(7)8)2(6)4(9)10;;;/h2*1-2,5-6H,(H,7,8)(H,9,10);3*1H2. The van der Waals surface area contributed by atoms with E-state index >= 15 is 0 Å². The highest BCUT2D eigenvalue weighted by molar-refractivity contribution is 5.83. The first kappa shape index (κ1) is 32.5. The van der Waals surface area contributed by atoms with E-state index in [-0.39, 0.29) is 16.4 Å². The van der Waals surface area contributed by atoms with Crippen LogP contribution in [-0.4, -0.2) is 106 Å². The number of carboxylic acid groups (broad SMARTS) is 4. The maximum atomic E-state index is 9.77. The molecular formula is C8H18O15. The molecule has 0 rings (SSSR count). The summed E-state index contributed by atoms with van der Waals surface area (Å²) < 4.78 is 0. The van der Waals surface area contributed by atoms with Crippen LogP contribution in [0.2, 0.25) is 0 Å². The number of aliphatic hydroxyl groups excluding tert-OH is 4. The summed E-state index contributed by atoms with van der Waals surface area (Å²) in [7, 11) is 0. The van der Waals surface area contributed by atoms with Gasteiger partial charge in [0.15, 0.2) is 24.4 Å². The Kier molecular flexibility index (Phi) is 20.5. The minimum atomic E-state index is -2.27. The van der Waals surface area contributed by atoms with E-state index in [2.05, 4.69) is 0 Å². The number of carboxylic acids is 4. The van der Waals surface area contributed by atoms with Crippen molar-refractivity contribution in [3.8, 4) is 0 Å². The highest BCUT2D eigenvalue weighted by Crippen LogP contribution is 1.93. The average molecular weight is 354 g/mol. The molecule has 0 aliphatic heterocycles. The van der Waals surface area contributed by atoms with Gasteiger partial charge in [-0.1, -0.05) is 0 Å². The number of carbonyl (C=O) groups is 4. The Morgan fingerprint density at radius 3 is 0.565 bits per heavy atom. The van der Waals surface area contributed by atoms with Gasteiger partial charge in [0.05, 0.1) is 0 Å². The molecule has 0 spiro atoms. The number of hydrogen-bond donors (Lipinski definition) is 8. The molecule has 0 saturated carbocycles. The Balaban J connectivity index is -0.0000000831. The molecule has 4 atom stereocenters. The molecule has 0 bridgehead atoms. The van der Waals surface area contributed by atoms with Crippen molar-refractivity contribution in [1.82, 2.24) is 0 Å². The smallest absolute Gasteiger partial charge is 0.335 e. The monoisotopic (exact) mass is 354 g/mol. The molecule has 0 aromatic heterocycles. The normalized spacial score (nSPS) is 13.7.